The highest BCUT2D eigenvalue weighted by Crippen LogP contribution is 2.44. The maximum absolute atomic E-state index is 12.7. The molecule has 1 aliphatic rings. The molecular weight excluding hydrogens is 409 g/mol. The van der Waals surface area contributed by atoms with E-state index in [0.717, 1.165) is 10.8 Å². The van der Waals surface area contributed by atoms with E-state index in [1.165, 1.54) is 0 Å². The first kappa shape index (κ1) is 20.2. The fourth-order valence-corrected chi connectivity index (χ4v) is 5.22. The zero-order chi connectivity index (χ0) is 17.3. The molecule has 0 aromatic rings. The highest BCUT2D eigenvalue weighted by atomic mass is 127. The smallest absolute Gasteiger partial charge is 0.412 e. The van der Waals surface area contributed by atoms with Crippen molar-refractivity contribution < 1.29 is 14.0 Å². The van der Waals surface area contributed by atoms with Crippen LogP contribution in [0.4, 0.5) is 4.79 Å². The van der Waals surface area contributed by atoms with E-state index in [1.54, 1.807) is 0 Å². The van der Waals surface area contributed by atoms with Crippen LogP contribution in [0, 0.1) is 11.3 Å². The Bertz CT molecular complexity index is 403. The molecular formula is C16H32INO3Si. The maximum atomic E-state index is 12.7. The summed E-state index contributed by atoms with van der Waals surface area (Å²) < 4.78 is 12.8. The van der Waals surface area contributed by atoms with Crippen LogP contribution in [-0.2, 0) is 9.16 Å². The normalized spacial score (nSPS) is 26.6. The van der Waals surface area contributed by atoms with E-state index in [0.29, 0.717) is 12.5 Å². The molecule has 0 unspecified atom stereocenters. The minimum atomic E-state index is -1.28. The lowest BCUT2D eigenvalue weighted by Gasteiger charge is -2.39. The molecule has 4 nitrogen and oxygen atoms in total. The lowest BCUT2D eigenvalue weighted by Crippen LogP contribution is -2.53. The molecule has 1 heterocycles. The highest BCUT2D eigenvalue weighted by molar-refractivity contribution is 14.1. The van der Waals surface area contributed by atoms with Gasteiger partial charge in [0, 0.05) is 17.4 Å². The summed E-state index contributed by atoms with van der Waals surface area (Å²) in [7, 11) is -1.28. The first-order valence-corrected chi connectivity index (χ1v) is 12.4. The molecule has 6 heteroatoms. The van der Waals surface area contributed by atoms with Gasteiger partial charge in [-0.2, -0.15) is 0 Å². The Labute approximate surface area is 151 Å². The second kappa shape index (κ2) is 6.97. The van der Waals surface area contributed by atoms with E-state index in [1.807, 2.05) is 25.7 Å². The van der Waals surface area contributed by atoms with E-state index in [-0.39, 0.29) is 11.5 Å². The van der Waals surface area contributed by atoms with Gasteiger partial charge in [0.2, 0.25) is 0 Å². The molecule has 0 aliphatic carbocycles. The van der Waals surface area contributed by atoms with Crippen molar-refractivity contribution in [2.75, 3.05) is 11.0 Å². The minimum Gasteiger partial charge on any atom is -0.444 e. The number of hydrogen-bond acceptors (Lipinski definition) is 3. The number of carbonyl (C=O) groups is 1. The number of halogens is 1. The van der Waals surface area contributed by atoms with E-state index < -0.39 is 20.4 Å². The van der Waals surface area contributed by atoms with Crippen molar-refractivity contribution in [1.82, 2.24) is 4.90 Å². The van der Waals surface area contributed by atoms with Crippen molar-refractivity contribution in [3.8, 4) is 0 Å². The number of rotatable bonds is 3. The Morgan fingerprint density at radius 1 is 1.27 bits per heavy atom. The summed E-state index contributed by atoms with van der Waals surface area (Å²) in [6.07, 6.45) is 0.648. The number of amides is 1. The van der Waals surface area contributed by atoms with Gasteiger partial charge in [-0.15, -0.1) is 0 Å². The predicted molar refractivity (Wildman–Crippen MR) is 102 cm³/mol. The standard InChI is InChI=1S/C16H32INO3Si/c1-14(2,3)12-9-16(11-17,21-22(7)8)18(10-12)13(19)20-15(4,5)6/h12,22H,9-11H2,1-8H3/t12-,16-/m0/s1. The van der Waals surface area contributed by atoms with Crippen molar-refractivity contribution in [3.63, 3.8) is 0 Å². The van der Waals surface area contributed by atoms with Gasteiger partial charge in [-0.25, -0.2) is 4.79 Å². The second-order valence-electron chi connectivity index (χ2n) is 8.60. The first-order valence-electron chi connectivity index (χ1n) is 8.05. The molecule has 22 heavy (non-hydrogen) atoms. The average Bonchev–Trinajstić information content (AvgIpc) is 2.65. The van der Waals surface area contributed by atoms with E-state index in [4.69, 9.17) is 9.16 Å². The fraction of sp³-hybridized carbons (Fsp3) is 0.938. The zero-order valence-corrected chi connectivity index (χ0v) is 18.6. The molecule has 2 atom stereocenters. The average molecular weight is 441 g/mol. The topological polar surface area (TPSA) is 38.8 Å². The number of carbonyl (C=O) groups excluding carboxylic acids is 1. The summed E-state index contributed by atoms with van der Waals surface area (Å²) in [6.45, 7) is 17.5. The molecule has 0 spiro atoms. The van der Waals surface area contributed by atoms with Gasteiger partial charge in [-0.3, -0.25) is 4.90 Å². The molecule has 1 fully saturated rings. The van der Waals surface area contributed by atoms with E-state index >= 15 is 0 Å². The van der Waals surface area contributed by atoms with Gasteiger partial charge in [0.15, 0.2) is 9.04 Å². The summed E-state index contributed by atoms with van der Waals surface area (Å²) in [4.78, 5) is 14.6. The van der Waals surface area contributed by atoms with Gasteiger partial charge in [0.1, 0.15) is 11.3 Å². The Morgan fingerprint density at radius 2 is 1.82 bits per heavy atom. The van der Waals surface area contributed by atoms with Crippen molar-refractivity contribution in [2.24, 2.45) is 11.3 Å². The van der Waals surface area contributed by atoms with E-state index in [9.17, 15) is 4.79 Å². The van der Waals surface area contributed by atoms with Crippen LogP contribution in [0.25, 0.3) is 0 Å². The Morgan fingerprint density at radius 3 is 2.18 bits per heavy atom. The van der Waals surface area contributed by atoms with Crippen LogP contribution in [0.3, 0.4) is 0 Å². The molecule has 1 saturated heterocycles. The highest BCUT2D eigenvalue weighted by Gasteiger charge is 2.52. The Balaban J connectivity index is 3.09. The number of nitrogens with zero attached hydrogens (tertiary/aromatic N) is 1. The molecule has 0 aromatic carbocycles. The number of likely N-dealkylation sites (tertiary alicyclic amines) is 1. The number of ether oxygens (including phenoxy) is 1. The van der Waals surface area contributed by atoms with Gasteiger partial charge in [-0.05, 0) is 45.2 Å². The van der Waals surface area contributed by atoms with Crippen LogP contribution in [0.15, 0.2) is 0 Å². The minimum absolute atomic E-state index is 0.149. The SMILES string of the molecule is C[SiH](C)O[C@]1(CI)C[C@H](C(C)(C)C)CN1C(=O)OC(C)(C)C. The monoisotopic (exact) mass is 441 g/mol. The van der Waals surface area contributed by atoms with Crippen molar-refractivity contribution in [1.29, 1.82) is 0 Å². The largest absolute Gasteiger partial charge is 0.444 e. The lowest BCUT2D eigenvalue weighted by molar-refractivity contribution is -0.0517. The van der Waals surface area contributed by atoms with Crippen molar-refractivity contribution in [2.45, 2.75) is 72.4 Å². The third-order valence-corrected chi connectivity index (χ3v) is 6.06. The number of alkyl halides is 1. The third kappa shape index (κ3) is 5.09. The third-order valence-electron chi connectivity index (χ3n) is 3.96. The van der Waals surface area contributed by atoms with Crippen molar-refractivity contribution >= 4 is 37.7 Å². The molecule has 0 aromatic heterocycles. The zero-order valence-electron chi connectivity index (χ0n) is 15.3. The quantitative estimate of drug-likeness (QED) is 0.370. The second-order valence-corrected chi connectivity index (χ2v) is 11.7. The van der Waals surface area contributed by atoms with Crippen LogP contribution in [0.1, 0.15) is 48.0 Å². The molecule has 0 bridgehead atoms. The van der Waals surface area contributed by atoms with Gasteiger partial charge >= 0.3 is 6.09 Å². The van der Waals surface area contributed by atoms with E-state index in [2.05, 4.69) is 56.5 Å². The molecule has 0 radical (unpaired) electrons. The molecule has 1 aliphatic heterocycles. The lowest BCUT2D eigenvalue weighted by atomic mass is 9.79. The van der Waals surface area contributed by atoms with Crippen LogP contribution in [-0.4, -0.2) is 42.3 Å². The number of hydrogen-bond donors (Lipinski definition) is 0. The summed E-state index contributed by atoms with van der Waals surface area (Å²) in [5, 5.41) is 0. The van der Waals surface area contributed by atoms with Gasteiger partial charge in [0.05, 0.1) is 0 Å². The van der Waals surface area contributed by atoms with Gasteiger partial charge in [0.25, 0.3) is 0 Å². The van der Waals surface area contributed by atoms with Crippen LogP contribution >= 0.6 is 22.6 Å². The maximum Gasteiger partial charge on any atom is 0.412 e. The first-order chi connectivity index (χ1) is 9.81. The predicted octanol–water partition coefficient (Wildman–Crippen LogP) is 4.42. The van der Waals surface area contributed by atoms with Crippen LogP contribution in [0.2, 0.25) is 13.1 Å². The Kier molecular flexibility index (Phi) is 6.40. The molecule has 0 saturated carbocycles. The molecule has 1 amide bonds. The molecule has 130 valence electrons. The van der Waals surface area contributed by atoms with Gasteiger partial charge < -0.3 is 9.16 Å². The van der Waals surface area contributed by atoms with Crippen molar-refractivity contribution in [3.05, 3.63) is 0 Å². The summed E-state index contributed by atoms with van der Waals surface area (Å²) in [5.74, 6) is 0.419. The Hall–Kier alpha value is 0.177. The summed E-state index contributed by atoms with van der Waals surface area (Å²) in [5.41, 5.74) is -0.833. The van der Waals surface area contributed by atoms with Crippen LogP contribution in [0.5, 0.6) is 0 Å². The molecule has 1 rings (SSSR count). The van der Waals surface area contributed by atoms with Crippen LogP contribution < -0.4 is 0 Å². The summed E-state index contributed by atoms with van der Waals surface area (Å²) >= 11 is 2.35. The summed E-state index contributed by atoms with van der Waals surface area (Å²) in [6, 6.07) is 0. The fourth-order valence-electron chi connectivity index (χ4n) is 2.79. The molecule has 0 N–H and O–H groups in total. The van der Waals surface area contributed by atoms with Gasteiger partial charge in [-0.1, -0.05) is 43.4 Å².